The fourth-order valence-electron chi connectivity index (χ4n) is 4.16. The molecule has 0 bridgehead atoms. The number of nitro groups is 1. The quantitative estimate of drug-likeness (QED) is 0.243. The van der Waals surface area contributed by atoms with Gasteiger partial charge in [0.15, 0.2) is 0 Å². The molecule has 0 atom stereocenters. The Kier molecular flexibility index (Phi) is 7.34. The van der Waals surface area contributed by atoms with Gasteiger partial charge in [-0.1, -0.05) is 0 Å². The van der Waals surface area contributed by atoms with Crippen LogP contribution in [0.25, 0.3) is 10.9 Å². The maximum atomic E-state index is 13.3. The molecule has 190 valence electrons. The van der Waals surface area contributed by atoms with Crippen molar-refractivity contribution in [1.82, 2.24) is 4.98 Å². The van der Waals surface area contributed by atoms with Gasteiger partial charge in [-0.25, -0.2) is 9.37 Å². The van der Waals surface area contributed by atoms with E-state index in [0.717, 1.165) is 12.1 Å². The van der Waals surface area contributed by atoms with Crippen LogP contribution in [0.15, 0.2) is 48.5 Å². The molecule has 8 nitrogen and oxygen atoms in total. The van der Waals surface area contributed by atoms with E-state index in [0.29, 0.717) is 42.4 Å². The molecule has 0 spiro atoms. The number of rotatable bonds is 7. The molecule has 0 saturated heterocycles. The number of anilines is 2. The van der Waals surface area contributed by atoms with Crippen LogP contribution in [0.2, 0.25) is 0 Å². The summed E-state index contributed by atoms with van der Waals surface area (Å²) in [5.41, 5.74) is -1.59. The number of hydrogen-bond acceptors (Lipinski definition) is 6. The number of nitro benzene ring substituents is 1. The standard InChI is InChI=1S/C24H22F4N4O4/c25-15-2-8-20-14(11-15)1-10-22(30-20)31-23(33)13-36-18-6-3-16(4-7-18)29-17-5-9-21(32(34)35)19(12-17)24(26,27)28/h1-2,5,8-12,16,18,29H,3-4,6-7,13H2,(H,30,31,33)/t16-,18-. The van der Waals surface area contributed by atoms with Crippen molar-refractivity contribution in [2.45, 2.75) is 44.0 Å². The Labute approximate surface area is 202 Å². The number of alkyl halides is 3. The first-order chi connectivity index (χ1) is 17.1. The number of aromatic nitrogens is 1. The number of nitrogens with one attached hydrogen (secondary N) is 2. The fourth-order valence-corrected chi connectivity index (χ4v) is 4.16. The van der Waals surface area contributed by atoms with Crippen LogP contribution in [-0.2, 0) is 15.7 Å². The average molecular weight is 506 g/mol. The highest BCUT2D eigenvalue weighted by Gasteiger charge is 2.38. The molecular formula is C24H22F4N4O4. The molecule has 1 aromatic heterocycles. The summed E-state index contributed by atoms with van der Waals surface area (Å²) in [5, 5.41) is 17.2. The minimum absolute atomic E-state index is 0.132. The summed E-state index contributed by atoms with van der Waals surface area (Å²) in [4.78, 5) is 26.4. The number of fused-ring (bicyclic) bond motifs is 1. The maximum Gasteiger partial charge on any atom is 0.423 e. The van der Waals surface area contributed by atoms with Gasteiger partial charge in [-0.3, -0.25) is 14.9 Å². The van der Waals surface area contributed by atoms with E-state index < -0.39 is 28.3 Å². The largest absolute Gasteiger partial charge is 0.423 e. The SMILES string of the molecule is O=C(CO[C@H]1CC[C@H](Nc2ccc([N+](=O)[O-])c(C(F)(F)F)c2)CC1)Nc1ccc2cc(F)ccc2n1. The predicted octanol–water partition coefficient (Wildman–Crippen LogP) is 5.68. The van der Waals surface area contributed by atoms with E-state index in [1.54, 1.807) is 12.1 Å². The van der Waals surface area contributed by atoms with Crippen molar-refractivity contribution in [3.63, 3.8) is 0 Å². The van der Waals surface area contributed by atoms with Gasteiger partial charge >= 0.3 is 6.18 Å². The van der Waals surface area contributed by atoms with E-state index in [2.05, 4.69) is 15.6 Å². The van der Waals surface area contributed by atoms with E-state index in [4.69, 9.17) is 4.74 Å². The highest BCUT2D eigenvalue weighted by Crippen LogP contribution is 2.38. The number of ether oxygens (including phenoxy) is 1. The molecular weight excluding hydrogens is 484 g/mol. The zero-order valence-corrected chi connectivity index (χ0v) is 18.8. The van der Waals surface area contributed by atoms with Gasteiger partial charge in [-0.05, 0) is 68.1 Å². The Bertz CT molecular complexity index is 1280. The van der Waals surface area contributed by atoms with Crippen LogP contribution in [0.3, 0.4) is 0 Å². The van der Waals surface area contributed by atoms with Crippen molar-refractivity contribution in [2.75, 3.05) is 17.2 Å². The first-order valence-electron chi connectivity index (χ1n) is 11.2. The number of halogens is 4. The molecule has 4 rings (SSSR count). The number of pyridine rings is 1. The summed E-state index contributed by atoms with van der Waals surface area (Å²) in [6, 6.07) is 10.1. The van der Waals surface area contributed by atoms with Gasteiger partial charge in [0, 0.05) is 23.2 Å². The van der Waals surface area contributed by atoms with Crippen LogP contribution in [-0.4, -0.2) is 34.6 Å². The molecule has 2 aromatic carbocycles. The molecule has 12 heteroatoms. The number of carbonyl (C=O) groups is 1. The molecule has 1 amide bonds. The second kappa shape index (κ2) is 10.4. The Morgan fingerprint density at radius 1 is 1.08 bits per heavy atom. The van der Waals surface area contributed by atoms with Crippen molar-refractivity contribution < 1.29 is 32.0 Å². The van der Waals surface area contributed by atoms with Crippen molar-refractivity contribution >= 4 is 34.0 Å². The monoisotopic (exact) mass is 506 g/mol. The lowest BCUT2D eigenvalue weighted by Crippen LogP contribution is -2.31. The van der Waals surface area contributed by atoms with E-state index in [1.807, 2.05) is 0 Å². The van der Waals surface area contributed by atoms with Gasteiger partial charge in [0.25, 0.3) is 11.6 Å². The topological polar surface area (TPSA) is 106 Å². The van der Waals surface area contributed by atoms with E-state index in [1.165, 1.54) is 24.3 Å². The van der Waals surface area contributed by atoms with Crippen molar-refractivity contribution in [3.05, 3.63) is 70.0 Å². The van der Waals surface area contributed by atoms with E-state index in [-0.39, 0.29) is 30.3 Å². The minimum atomic E-state index is -4.84. The lowest BCUT2D eigenvalue weighted by molar-refractivity contribution is -0.388. The molecule has 1 fully saturated rings. The average Bonchev–Trinajstić information content (AvgIpc) is 2.83. The van der Waals surface area contributed by atoms with Gasteiger partial charge in [0.1, 0.15) is 23.8 Å². The van der Waals surface area contributed by atoms with Crippen LogP contribution < -0.4 is 10.6 Å². The number of amides is 1. The highest BCUT2D eigenvalue weighted by atomic mass is 19.4. The second-order valence-corrected chi connectivity index (χ2v) is 8.50. The third-order valence-electron chi connectivity index (χ3n) is 5.91. The van der Waals surface area contributed by atoms with E-state index in [9.17, 15) is 32.5 Å². The number of nitrogens with zero attached hydrogens (tertiary/aromatic N) is 2. The zero-order chi connectivity index (χ0) is 25.9. The Morgan fingerprint density at radius 3 is 2.53 bits per heavy atom. The van der Waals surface area contributed by atoms with Crippen LogP contribution >= 0.6 is 0 Å². The zero-order valence-electron chi connectivity index (χ0n) is 18.8. The highest BCUT2D eigenvalue weighted by molar-refractivity contribution is 5.92. The molecule has 36 heavy (non-hydrogen) atoms. The van der Waals surface area contributed by atoms with Crippen molar-refractivity contribution in [2.24, 2.45) is 0 Å². The van der Waals surface area contributed by atoms with Crippen LogP contribution in [0, 0.1) is 15.9 Å². The summed E-state index contributed by atoms with van der Waals surface area (Å²) in [6.07, 6.45) is -2.68. The smallest absolute Gasteiger partial charge is 0.382 e. The second-order valence-electron chi connectivity index (χ2n) is 8.50. The lowest BCUT2D eigenvalue weighted by Gasteiger charge is -2.29. The van der Waals surface area contributed by atoms with Crippen LogP contribution in [0.1, 0.15) is 31.2 Å². The third kappa shape index (κ3) is 6.25. The van der Waals surface area contributed by atoms with Crippen LogP contribution in [0.5, 0.6) is 0 Å². The molecule has 1 saturated carbocycles. The summed E-state index contributed by atoms with van der Waals surface area (Å²) in [5.74, 6) is -0.454. The molecule has 1 aliphatic rings. The first kappa shape index (κ1) is 25.3. The lowest BCUT2D eigenvalue weighted by atomic mass is 9.92. The molecule has 1 heterocycles. The first-order valence-corrected chi connectivity index (χ1v) is 11.2. The Morgan fingerprint density at radius 2 is 1.83 bits per heavy atom. The Hall–Kier alpha value is -3.80. The van der Waals surface area contributed by atoms with Gasteiger partial charge in [0.2, 0.25) is 0 Å². The summed E-state index contributed by atoms with van der Waals surface area (Å²) >= 11 is 0. The molecule has 0 radical (unpaired) electrons. The molecule has 1 aliphatic carbocycles. The number of benzene rings is 2. The van der Waals surface area contributed by atoms with Gasteiger partial charge in [0.05, 0.1) is 16.5 Å². The van der Waals surface area contributed by atoms with Gasteiger partial charge in [-0.2, -0.15) is 13.2 Å². The van der Waals surface area contributed by atoms with Crippen molar-refractivity contribution in [1.29, 1.82) is 0 Å². The summed E-state index contributed by atoms with van der Waals surface area (Å²) in [6.45, 7) is -0.191. The summed E-state index contributed by atoms with van der Waals surface area (Å²) in [7, 11) is 0. The van der Waals surface area contributed by atoms with E-state index >= 15 is 0 Å². The molecule has 2 N–H and O–H groups in total. The number of hydrogen-bond donors (Lipinski definition) is 2. The van der Waals surface area contributed by atoms with Gasteiger partial charge in [-0.15, -0.1) is 0 Å². The third-order valence-corrected chi connectivity index (χ3v) is 5.91. The molecule has 0 unspecified atom stereocenters. The van der Waals surface area contributed by atoms with Crippen LogP contribution in [0.4, 0.5) is 34.8 Å². The summed E-state index contributed by atoms with van der Waals surface area (Å²) < 4.78 is 58.5. The predicted molar refractivity (Wildman–Crippen MR) is 124 cm³/mol. The molecule has 0 aliphatic heterocycles. The Balaban J connectivity index is 1.25. The normalized spacial score (nSPS) is 18.1. The van der Waals surface area contributed by atoms with Gasteiger partial charge < -0.3 is 15.4 Å². The molecule has 3 aromatic rings. The minimum Gasteiger partial charge on any atom is -0.382 e. The van der Waals surface area contributed by atoms with Crippen molar-refractivity contribution in [3.8, 4) is 0 Å². The maximum absolute atomic E-state index is 13.3. The fraction of sp³-hybridized carbons (Fsp3) is 0.333. The number of carbonyl (C=O) groups excluding carboxylic acids is 1.